The Kier molecular flexibility index (Phi) is 2.89. The van der Waals surface area contributed by atoms with Crippen LogP contribution in [-0.4, -0.2) is 28.4 Å². The van der Waals surface area contributed by atoms with Crippen LogP contribution in [0.25, 0.3) is 4.96 Å². The molecule has 16 heavy (non-hydrogen) atoms. The zero-order chi connectivity index (χ0) is 11.9. The molecule has 0 saturated carbocycles. The Labute approximate surface area is 103 Å². The van der Waals surface area contributed by atoms with E-state index in [1.807, 2.05) is 35.7 Å². The van der Waals surface area contributed by atoms with E-state index in [-0.39, 0.29) is 6.04 Å². The van der Waals surface area contributed by atoms with Gasteiger partial charge in [-0.25, -0.2) is 4.98 Å². The first-order valence-corrected chi connectivity index (χ1v) is 6.00. The number of hydrogen-bond acceptors (Lipinski definition) is 4. The molecule has 6 heteroatoms. The average molecular weight is 255 g/mol. The van der Waals surface area contributed by atoms with Gasteiger partial charge in [0.15, 0.2) is 10.1 Å². The Morgan fingerprint density at radius 1 is 1.62 bits per heavy atom. The summed E-state index contributed by atoms with van der Waals surface area (Å²) in [7, 11) is 3.70. The van der Waals surface area contributed by atoms with E-state index in [1.165, 1.54) is 11.3 Å². The number of nitriles is 1. The summed E-state index contributed by atoms with van der Waals surface area (Å²) in [5, 5.41) is 11.6. The van der Waals surface area contributed by atoms with E-state index in [9.17, 15) is 5.26 Å². The molecule has 2 aromatic heterocycles. The number of rotatable bonds is 2. The second-order valence-electron chi connectivity index (χ2n) is 3.78. The molecule has 2 heterocycles. The van der Waals surface area contributed by atoms with E-state index < -0.39 is 0 Å². The van der Waals surface area contributed by atoms with Gasteiger partial charge in [-0.2, -0.15) is 5.26 Å². The van der Waals surface area contributed by atoms with Gasteiger partial charge in [0, 0.05) is 11.1 Å². The Balaban J connectivity index is 2.71. The highest BCUT2D eigenvalue weighted by molar-refractivity contribution is 7.15. The second kappa shape index (κ2) is 4.06. The maximum absolute atomic E-state index is 9.19. The van der Waals surface area contributed by atoms with Gasteiger partial charge in [0.2, 0.25) is 0 Å². The number of imidazole rings is 1. The summed E-state index contributed by atoms with van der Waals surface area (Å²) in [6.07, 6.45) is 0. The van der Waals surface area contributed by atoms with Crippen molar-refractivity contribution in [2.45, 2.75) is 13.0 Å². The number of halogens is 1. The van der Waals surface area contributed by atoms with E-state index in [1.54, 1.807) is 0 Å². The van der Waals surface area contributed by atoms with Crippen molar-refractivity contribution in [1.29, 1.82) is 5.26 Å². The molecule has 0 fully saturated rings. The van der Waals surface area contributed by atoms with Crippen LogP contribution in [0.4, 0.5) is 0 Å². The fourth-order valence-corrected chi connectivity index (χ4v) is 2.84. The first kappa shape index (κ1) is 11.4. The summed E-state index contributed by atoms with van der Waals surface area (Å²) in [6.45, 7) is 1.98. The molecule has 0 radical (unpaired) electrons. The quantitative estimate of drug-likeness (QED) is 0.827. The molecule has 2 aromatic rings. The molecule has 0 aliphatic rings. The van der Waals surface area contributed by atoms with Crippen molar-refractivity contribution in [3.63, 3.8) is 0 Å². The van der Waals surface area contributed by atoms with Gasteiger partial charge in [-0.3, -0.25) is 9.30 Å². The Morgan fingerprint density at radius 3 is 2.88 bits per heavy atom. The summed E-state index contributed by atoms with van der Waals surface area (Å²) in [6, 6.07) is 1.86. The summed E-state index contributed by atoms with van der Waals surface area (Å²) in [5.74, 6) is 0. The molecular weight excluding hydrogens is 244 g/mol. The second-order valence-corrected chi connectivity index (χ2v) is 4.97. The molecule has 0 saturated heterocycles. The summed E-state index contributed by atoms with van der Waals surface area (Å²) < 4.78 is 1.95. The van der Waals surface area contributed by atoms with Gasteiger partial charge in [0.25, 0.3) is 0 Å². The van der Waals surface area contributed by atoms with E-state index >= 15 is 0 Å². The maximum Gasteiger partial charge on any atom is 0.195 e. The average Bonchev–Trinajstić information content (AvgIpc) is 2.70. The predicted molar refractivity (Wildman–Crippen MR) is 64.9 cm³/mol. The first-order valence-electron chi connectivity index (χ1n) is 4.74. The lowest BCUT2D eigenvalue weighted by atomic mass is 10.2. The van der Waals surface area contributed by atoms with Gasteiger partial charge < -0.3 is 0 Å². The molecule has 84 valence electrons. The highest BCUT2D eigenvalue weighted by Crippen LogP contribution is 2.30. The molecular formula is C10H11ClN4S. The summed E-state index contributed by atoms with van der Waals surface area (Å²) in [4.78, 5) is 6.91. The van der Waals surface area contributed by atoms with Crippen LogP contribution in [0.3, 0.4) is 0 Å². The van der Waals surface area contributed by atoms with E-state index in [2.05, 4.69) is 11.1 Å². The molecule has 0 aliphatic heterocycles. The third-order valence-corrected chi connectivity index (χ3v) is 3.64. The van der Waals surface area contributed by atoms with Crippen LogP contribution < -0.4 is 0 Å². The number of thiazole rings is 1. The molecule has 0 spiro atoms. The summed E-state index contributed by atoms with van der Waals surface area (Å²) in [5.41, 5.74) is 1.81. The zero-order valence-electron chi connectivity index (χ0n) is 9.23. The topological polar surface area (TPSA) is 44.3 Å². The van der Waals surface area contributed by atoms with Crippen molar-refractivity contribution >= 4 is 27.9 Å². The zero-order valence-corrected chi connectivity index (χ0v) is 10.8. The number of aryl methyl sites for hydroxylation is 1. The van der Waals surface area contributed by atoms with Gasteiger partial charge in [-0.05, 0) is 21.0 Å². The number of hydrogen-bond donors (Lipinski definition) is 0. The van der Waals surface area contributed by atoms with Crippen LogP contribution in [0.15, 0.2) is 5.38 Å². The molecule has 0 bridgehead atoms. The minimum absolute atomic E-state index is 0.379. The molecule has 1 unspecified atom stereocenters. The van der Waals surface area contributed by atoms with Gasteiger partial charge in [-0.1, -0.05) is 11.6 Å². The highest BCUT2D eigenvalue weighted by atomic mass is 35.5. The smallest absolute Gasteiger partial charge is 0.195 e. The van der Waals surface area contributed by atoms with Crippen LogP contribution in [0.2, 0.25) is 5.15 Å². The largest absolute Gasteiger partial charge is 0.289 e. The van der Waals surface area contributed by atoms with Crippen LogP contribution in [0, 0.1) is 18.3 Å². The molecule has 4 nitrogen and oxygen atoms in total. The molecule has 1 atom stereocenters. The van der Waals surface area contributed by atoms with E-state index in [0.29, 0.717) is 5.15 Å². The standard InChI is InChI=1S/C10H11ClN4S/c1-6-5-16-10-13-9(11)8(15(6)10)7(4-12)14(2)3/h5,7H,1-3H3. The number of nitrogens with zero attached hydrogens (tertiary/aromatic N) is 4. The SMILES string of the molecule is Cc1csc2nc(Cl)c(C(C#N)N(C)C)n12. The minimum atomic E-state index is -0.379. The first-order chi connectivity index (χ1) is 7.56. The van der Waals surface area contributed by atoms with Crippen molar-refractivity contribution in [3.8, 4) is 6.07 Å². The van der Waals surface area contributed by atoms with Gasteiger partial charge in [0.1, 0.15) is 6.04 Å². The van der Waals surface area contributed by atoms with Crippen molar-refractivity contribution in [3.05, 3.63) is 21.9 Å². The summed E-state index contributed by atoms with van der Waals surface area (Å²) >= 11 is 7.62. The van der Waals surface area contributed by atoms with Crippen LogP contribution in [-0.2, 0) is 0 Å². The minimum Gasteiger partial charge on any atom is -0.289 e. The fraction of sp³-hybridized carbons (Fsp3) is 0.400. The lowest BCUT2D eigenvalue weighted by Gasteiger charge is -2.17. The predicted octanol–water partition coefficient (Wildman–Crippen LogP) is 2.48. The third kappa shape index (κ3) is 1.59. The molecule has 0 amide bonds. The lowest BCUT2D eigenvalue weighted by Crippen LogP contribution is -2.20. The number of aromatic nitrogens is 2. The van der Waals surface area contributed by atoms with Gasteiger partial charge >= 0.3 is 0 Å². The lowest BCUT2D eigenvalue weighted by molar-refractivity contribution is 0.351. The highest BCUT2D eigenvalue weighted by Gasteiger charge is 2.23. The van der Waals surface area contributed by atoms with Crippen molar-refractivity contribution in [1.82, 2.24) is 14.3 Å². The molecule has 0 aliphatic carbocycles. The number of fused-ring (bicyclic) bond motifs is 1. The third-order valence-electron chi connectivity index (χ3n) is 2.42. The van der Waals surface area contributed by atoms with Gasteiger partial charge in [-0.15, -0.1) is 11.3 Å². The van der Waals surface area contributed by atoms with Crippen LogP contribution in [0.1, 0.15) is 17.4 Å². The Morgan fingerprint density at radius 2 is 2.31 bits per heavy atom. The molecule has 2 rings (SSSR count). The van der Waals surface area contributed by atoms with Crippen molar-refractivity contribution in [2.24, 2.45) is 0 Å². The monoisotopic (exact) mass is 254 g/mol. The van der Waals surface area contributed by atoms with Crippen LogP contribution in [0.5, 0.6) is 0 Å². The molecule has 0 N–H and O–H groups in total. The van der Waals surface area contributed by atoms with Crippen molar-refractivity contribution in [2.75, 3.05) is 14.1 Å². The van der Waals surface area contributed by atoms with E-state index in [0.717, 1.165) is 16.3 Å². The van der Waals surface area contributed by atoms with Gasteiger partial charge in [0.05, 0.1) is 11.8 Å². The van der Waals surface area contributed by atoms with Crippen molar-refractivity contribution < 1.29 is 0 Å². The Hall–Kier alpha value is -1.09. The van der Waals surface area contributed by atoms with Crippen LogP contribution >= 0.6 is 22.9 Å². The normalized spacial score (nSPS) is 13.2. The fourth-order valence-electron chi connectivity index (χ4n) is 1.65. The van der Waals surface area contributed by atoms with E-state index in [4.69, 9.17) is 11.6 Å². The maximum atomic E-state index is 9.19. The Bertz CT molecular complexity index is 563. The molecule has 0 aromatic carbocycles.